The number of rotatable bonds is 3. The van der Waals surface area contributed by atoms with E-state index in [-0.39, 0.29) is 17.6 Å². The van der Waals surface area contributed by atoms with Gasteiger partial charge in [-0.25, -0.2) is 0 Å². The number of furan rings is 1. The number of hydrogen-bond donors (Lipinski definition) is 0. The topological polar surface area (TPSA) is 76.6 Å². The van der Waals surface area contributed by atoms with Gasteiger partial charge < -0.3 is 4.42 Å². The molecule has 1 aliphatic rings. The number of carbonyl (C=O) groups excluding carboxylic acids is 1. The fourth-order valence-corrected chi connectivity index (χ4v) is 3.57. The van der Waals surface area contributed by atoms with Crippen LogP contribution in [0, 0.1) is 24.0 Å². The van der Waals surface area contributed by atoms with Crippen LogP contribution in [0.5, 0.6) is 0 Å². The zero-order valence-electron chi connectivity index (χ0n) is 12.8. The second-order valence-electron chi connectivity index (χ2n) is 5.17. The summed E-state index contributed by atoms with van der Waals surface area (Å²) >= 11 is 6.47. The van der Waals surface area contributed by atoms with Gasteiger partial charge in [-0.15, -0.1) is 0 Å². The Balaban J connectivity index is 1.95. The molecular weight excluding hydrogens is 348 g/mol. The fraction of sp³-hybridized carbons (Fsp3) is 0.125. The predicted octanol–water partition coefficient (Wildman–Crippen LogP) is 4.21. The van der Waals surface area contributed by atoms with Crippen molar-refractivity contribution >= 4 is 51.9 Å². The summed E-state index contributed by atoms with van der Waals surface area (Å²) in [6.07, 6.45) is 1.47. The molecule has 2 aromatic rings. The molecule has 0 bridgehead atoms. The van der Waals surface area contributed by atoms with Gasteiger partial charge in [-0.05, 0) is 37.1 Å². The molecule has 0 radical (unpaired) electrons. The Morgan fingerprint density at radius 1 is 1.29 bits per heavy atom. The lowest BCUT2D eigenvalue weighted by Gasteiger charge is -2.18. The standard InChI is InChI=1S/C16H12N2O4S2/c1-9-4-3-5-12(10(9)2)17-15(19)13(24-16(17)23)8-11-6-7-14(22-11)18(20)21/h3-8H,1-2H3/b13-8-. The van der Waals surface area contributed by atoms with Gasteiger partial charge in [0.2, 0.25) is 0 Å². The summed E-state index contributed by atoms with van der Waals surface area (Å²) in [6.45, 7) is 3.90. The maximum atomic E-state index is 12.7. The van der Waals surface area contributed by atoms with E-state index in [0.717, 1.165) is 28.6 Å². The maximum Gasteiger partial charge on any atom is 0.433 e. The van der Waals surface area contributed by atoms with Gasteiger partial charge in [0, 0.05) is 6.08 Å². The summed E-state index contributed by atoms with van der Waals surface area (Å²) in [4.78, 5) is 24.6. The second kappa shape index (κ2) is 6.21. The number of thiocarbonyl (C=S) groups is 1. The van der Waals surface area contributed by atoms with E-state index in [0.29, 0.717) is 9.23 Å². The predicted molar refractivity (Wildman–Crippen MR) is 96.9 cm³/mol. The van der Waals surface area contributed by atoms with Gasteiger partial charge in [-0.3, -0.25) is 19.8 Å². The van der Waals surface area contributed by atoms with Gasteiger partial charge in [-0.2, -0.15) is 0 Å². The number of thioether (sulfide) groups is 1. The molecule has 8 heteroatoms. The smallest absolute Gasteiger partial charge is 0.401 e. The highest BCUT2D eigenvalue weighted by atomic mass is 32.2. The summed E-state index contributed by atoms with van der Waals surface area (Å²) in [5.74, 6) is -0.396. The van der Waals surface area contributed by atoms with Crippen LogP contribution in [0.3, 0.4) is 0 Å². The quantitative estimate of drug-likeness (QED) is 0.353. The molecule has 1 aliphatic heterocycles. The van der Waals surface area contributed by atoms with E-state index in [2.05, 4.69) is 0 Å². The highest BCUT2D eigenvalue weighted by Crippen LogP contribution is 2.38. The first-order chi connectivity index (χ1) is 11.4. The van der Waals surface area contributed by atoms with E-state index in [1.807, 2.05) is 32.0 Å². The molecule has 0 aliphatic carbocycles. The Morgan fingerprint density at radius 2 is 2.04 bits per heavy atom. The molecule has 6 nitrogen and oxygen atoms in total. The largest absolute Gasteiger partial charge is 0.433 e. The lowest BCUT2D eigenvalue weighted by molar-refractivity contribution is -0.402. The zero-order chi connectivity index (χ0) is 17.4. The molecule has 3 rings (SSSR count). The van der Waals surface area contributed by atoms with Crippen LogP contribution in [0.25, 0.3) is 6.08 Å². The van der Waals surface area contributed by atoms with Gasteiger partial charge in [-0.1, -0.05) is 36.1 Å². The van der Waals surface area contributed by atoms with Crippen LogP contribution >= 0.6 is 24.0 Å². The van der Waals surface area contributed by atoms with Crippen LogP contribution in [0.2, 0.25) is 0 Å². The third-order valence-electron chi connectivity index (χ3n) is 3.68. The molecule has 0 unspecified atom stereocenters. The first-order valence-corrected chi connectivity index (χ1v) is 8.19. The highest BCUT2D eigenvalue weighted by molar-refractivity contribution is 8.27. The van der Waals surface area contributed by atoms with E-state index in [9.17, 15) is 14.9 Å². The molecule has 1 amide bonds. The maximum absolute atomic E-state index is 12.7. The molecule has 0 atom stereocenters. The van der Waals surface area contributed by atoms with E-state index >= 15 is 0 Å². The third kappa shape index (κ3) is 2.85. The minimum Gasteiger partial charge on any atom is -0.401 e. The molecule has 1 aromatic heterocycles. The molecule has 1 saturated heterocycles. The van der Waals surface area contributed by atoms with Crippen molar-refractivity contribution in [3.8, 4) is 0 Å². The normalized spacial score (nSPS) is 16.2. The number of carbonyl (C=O) groups is 1. The number of anilines is 1. The number of amides is 1. The molecular formula is C16H12N2O4S2. The Hall–Kier alpha value is -2.45. The third-order valence-corrected chi connectivity index (χ3v) is 4.98. The monoisotopic (exact) mass is 360 g/mol. The van der Waals surface area contributed by atoms with Crippen molar-refractivity contribution in [3.05, 3.63) is 62.2 Å². The van der Waals surface area contributed by atoms with Crippen LogP contribution in [-0.2, 0) is 4.79 Å². The summed E-state index contributed by atoms with van der Waals surface area (Å²) in [5.41, 5.74) is 2.78. The number of nitro groups is 1. The Kier molecular flexibility index (Phi) is 4.25. The van der Waals surface area contributed by atoms with E-state index in [1.54, 1.807) is 0 Å². The number of aryl methyl sites for hydroxylation is 1. The molecule has 122 valence electrons. The van der Waals surface area contributed by atoms with Crippen molar-refractivity contribution < 1.29 is 14.1 Å². The molecule has 2 heterocycles. The minimum atomic E-state index is -0.626. The van der Waals surface area contributed by atoms with E-state index < -0.39 is 4.92 Å². The van der Waals surface area contributed by atoms with Gasteiger partial charge in [0.25, 0.3) is 5.91 Å². The van der Waals surface area contributed by atoms with E-state index in [4.69, 9.17) is 16.6 Å². The summed E-state index contributed by atoms with van der Waals surface area (Å²) < 4.78 is 5.49. The highest BCUT2D eigenvalue weighted by Gasteiger charge is 2.34. The Labute approximate surface area is 147 Å². The number of hydrogen-bond acceptors (Lipinski definition) is 6. The lowest BCUT2D eigenvalue weighted by atomic mass is 10.1. The fourth-order valence-electron chi connectivity index (χ4n) is 2.30. The summed E-state index contributed by atoms with van der Waals surface area (Å²) in [5, 5.41) is 10.7. The van der Waals surface area contributed by atoms with Crippen molar-refractivity contribution in [2.24, 2.45) is 0 Å². The average molecular weight is 360 g/mol. The molecule has 0 saturated carbocycles. The first-order valence-electron chi connectivity index (χ1n) is 6.97. The summed E-state index contributed by atoms with van der Waals surface area (Å²) in [7, 11) is 0. The lowest BCUT2D eigenvalue weighted by Crippen LogP contribution is -2.28. The van der Waals surface area contributed by atoms with Crippen molar-refractivity contribution in [2.45, 2.75) is 13.8 Å². The molecule has 1 aromatic carbocycles. The van der Waals surface area contributed by atoms with Gasteiger partial charge in [0.15, 0.2) is 4.32 Å². The van der Waals surface area contributed by atoms with Gasteiger partial charge >= 0.3 is 5.88 Å². The second-order valence-corrected chi connectivity index (χ2v) is 6.85. The molecule has 0 spiro atoms. The summed E-state index contributed by atoms with van der Waals surface area (Å²) in [6, 6.07) is 8.37. The van der Waals surface area contributed by atoms with E-state index in [1.165, 1.54) is 23.1 Å². The van der Waals surface area contributed by atoms with Crippen LogP contribution in [-0.4, -0.2) is 15.2 Å². The van der Waals surface area contributed by atoms with Gasteiger partial charge in [0.05, 0.1) is 16.7 Å². The molecule has 0 N–H and O–H groups in total. The number of benzene rings is 1. The van der Waals surface area contributed by atoms with Gasteiger partial charge in [0.1, 0.15) is 10.7 Å². The average Bonchev–Trinajstić information content (AvgIpc) is 3.09. The Bertz CT molecular complexity index is 901. The molecule has 24 heavy (non-hydrogen) atoms. The van der Waals surface area contributed by atoms with Crippen LogP contribution in [0.15, 0.2) is 39.7 Å². The van der Waals surface area contributed by atoms with Crippen molar-refractivity contribution in [3.63, 3.8) is 0 Å². The SMILES string of the molecule is Cc1cccc(N2C(=O)/C(=C/c3ccc([N+](=O)[O-])o3)SC2=S)c1C. The Morgan fingerprint density at radius 3 is 2.71 bits per heavy atom. The van der Waals surface area contributed by atoms with Crippen LogP contribution < -0.4 is 4.90 Å². The van der Waals surface area contributed by atoms with Crippen molar-refractivity contribution in [1.82, 2.24) is 0 Å². The first kappa shape index (κ1) is 16.4. The zero-order valence-corrected chi connectivity index (χ0v) is 14.4. The van der Waals surface area contributed by atoms with Crippen LogP contribution in [0.4, 0.5) is 11.6 Å². The van der Waals surface area contributed by atoms with Crippen LogP contribution in [0.1, 0.15) is 16.9 Å². The molecule has 1 fully saturated rings. The van der Waals surface area contributed by atoms with Crippen molar-refractivity contribution in [2.75, 3.05) is 4.90 Å². The van der Waals surface area contributed by atoms with Crippen molar-refractivity contribution in [1.29, 1.82) is 0 Å². The number of nitrogens with zero attached hydrogens (tertiary/aromatic N) is 2. The minimum absolute atomic E-state index is 0.239.